The first-order valence-corrected chi connectivity index (χ1v) is 9.08. The summed E-state index contributed by atoms with van der Waals surface area (Å²) in [5.74, 6) is -0.241. The molecule has 0 aromatic rings. The fraction of sp³-hybridized carbons (Fsp3) is 1.00. The van der Waals surface area contributed by atoms with Gasteiger partial charge < -0.3 is 39.7 Å². The third-order valence-corrected chi connectivity index (χ3v) is 3.82. The molecule has 0 spiro atoms. The first-order chi connectivity index (χ1) is 12.0. The van der Waals surface area contributed by atoms with Crippen LogP contribution in [-0.2, 0) is 14.2 Å². The molecule has 0 aliphatic heterocycles. The molecule has 0 rings (SSSR count). The van der Waals surface area contributed by atoms with Crippen molar-refractivity contribution in [3.63, 3.8) is 0 Å². The molecule has 0 saturated carbocycles. The zero-order valence-electron chi connectivity index (χ0n) is 15.3. The van der Waals surface area contributed by atoms with Crippen molar-refractivity contribution in [1.82, 2.24) is 0 Å². The number of hydrogen-bond acceptors (Lipinski definition) is 8. The summed E-state index contributed by atoms with van der Waals surface area (Å²) < 4.78 is 16.1. The van der Waals surface area contributed by atoms with E-state index in [2.05, 4.69) is 6.92 Å². The molecule has 152 valence electrons. The van der Waals surface area contributed by atoms with Crippen molar-refractivity contribution in [2.45, 2.75) is 57.5 Å². The summed E-state index contributed by atoms with van der Waals surface area (Å²) in [7, 11) is 0. The fourth-order valence-electron chi connectivity index (χ4n) is 2.46. The van der Waals surface area contributed by atoms with E-state index in [0.29, 0.717) is 19.4 Å². The highest BCUT2D eigenvalue weighted by atomic mass is 16.5. The topological polar surface area (TPSA) is 129 Å². The smallest absolute Gasteiger partial charge is 0.151 e. The van der Waals surface area contributed by atoms with Gasteiger partial charge in [-0.25, -0.2) is 0 Å². The lowest BCUT2D eigenvalue weighted by Crippen LogP contribution is -2.34. The van der Waals surface area contributed by atoms with Crippen LogP contribution in [0.25, 0.3) is 0 Å². The Labute approximate surface area is 150 Å². The highest BCUT2D eigenvalue weighted by molar-refractivity contribution is 4.74. The van der Waals surface area contributed by atoms with E-state index in [1.165, 1.54) is 0 Å². The van der Waals surface area contributed by atoms with Crippen molar-refractivity contribution in [3.8, 4) is 0 Å². The number of unbranched alkanes of at least 4 members (excludes halogenated alkanes) is 1. The van der Waals surface area contributed by atoms with Crippen LogP contribution < -0.4 is 0 Å². The van der Waals surface area contributed by atoms with E-state index in [0.717, 1.165) is 12.8 Å². The Morgan fingerprint density at radius 3 is 2.24 bits per heavy atom. The van der Waals surface area contributed by atoms with Gasteiger partial charge in [0.15, 0.2) is 6.29 Å². The average molecular weight is 368 g/mol. The standard InChI is InChI=1S/C17H36O8/c1-2-3-7-24-13-15(20)11-14(4-5-17(21)22)16(12-19)25-10-9-23-8-6-18/h14-22H,2-13H2,1H3. The van der Waals surface area contributed by atoms with Crippen molar-refractivity contribution in [3.05, 3.63) is 0 Å². The lowest BCUT2D eigenvalue weighted by atomic mass is 9.91. The van der Waals surface area contributed by atoms with Gasteiger partial charge in [0.05, 0.1) is 51.8 Å². The van der Waals surface area contributed by atoms with Gasteiger partial charge in [0.2, 0.25) is 0 Å². The van der Waals surface area contributed by atoms with Crippen LogP contribution in [0.1, 0.15) is 39.0 Å². The van der Waals surface area contributed by atoms with Gasteiger partial charge in [0.1, 0.15) is 0 Å². The van der Waals surface area contributed by atoms with Crippen LogP contribution >= 0.6 is 0 Å². The van der Waals surface area contributed by atoms with E-state index < -0.39 is 18.5 Å². The molecule has 0 bridgehead atoms. The first-order valence-electron chi connectivity index (χ1n) is 9.08. The van der Waals surface area contributed by atoms with E-state index in [9.17, 15) is 10.2 Å². The molecule has 0 aromatic heterocycles. The van der Waals surface area contributed by atoms with Crippen LogP contribution in [0.2, 0.25) is 0 Å². The van der Waals surface area contributed by atoms with E-state index in [1.807, 2.05) is 0 Å². The summed E-state index contributed by atoms with van der Waals surface area (Å²) in [6.45, 7) is 3.30. The average Bonchev–Trinajstić information content (AvgIpc) is 2.59. The molecule has 3 atom stereocenters. The van der Waals surface area contributed by atoms with Crippen LogP contribution in [0.15, 0.2) is 0 Å². The fourth-order valence-corrected chi connectivity index (χ4v) is 2.46. The van der Waals surface area contributed by atoms with E-state index >= 15 is 0 Å². The second-order valence-corrected chi connectivity index (χ2v) is 6.06. The number of aliphatic hydroxyl groups excluding tert-OH is 4. The molecule has 25 heavy (non-hydrogen) atoms. The van der Waals surface area contributed by atoms with Crippen molar-refractivity contribution in [2.24, 2.45) is 5.92 Å². The quantitative estimate of drug-likeness (QED) is 0.164. The van der Waals surface area contributed by atoms with Crippen molar-refractivity contribution < 1.29 is 39.7 Å². The Bertz CT molecular complexity index is 277. The van der Waals surface area contributed by atoms with Gasteiger partial charge in [-0.1, -0.05) is 13.3 Å². The minimum atomic E-state index is -1.44. The third-order valence-electron chi connectivity index (χ3n) is 3.82. The SMILES string of the molecule is CCCCOCC(O)CC(CCC(O)O)C(CO)OCCOCCO. The number of aliphatic hydroxyl groups is 5. The number of ether oxygens (including phenoxy) is 3. The molecule has 0 fully saturated rings. The van der Waals surface area contributed by atoms with Gasteiger partial charge in [-0.15, -0.1) is 0 Å². The van der Waals surface area contributed by atoms with Crippen LogP contribution in [0, 0.1) is 5.92 Å². The lowest BCUT2D eigenvalue weighted by molar-refractivity contribution is -0.0809. The van der Waals surface area contributed by atoms with E-state index in [4.69, 9.17) is 29.5 Å². The highest BCUT2D eigenvalue weighted by Crippen LogP contribution is 2.22. The summed E-state index contributed by atoms with van der Waals surface area (Å²) in [4.78, 5) is 0. The zero-order valence-corrected chi connectivity index (χ0v) is 15.3. The summed E-state index contributed by atoms with van der Waals surface area (Å²) in [6.07, 6.45) is 0.133. The Hall–Kier alpha value is -0.320. The molecule has 3 unspecified atom stereocenters. The zero-order chi connectivity index (χ0) is 18.9. The molecule has 5 N–H and O–H groups in total. The first kappa shape index (κ1) is 24.7. The maximum atomic E-state index is 10.1. The van der Waals surface area contributed by atoms with Gasteiger partial charge in [-0.2, -0.15) is 0 Å². The monoisotopic (exact) mass is 368 g/mol. The Morgan fingerprint density at radius 1 is 0.880 bits per heavy atom. The number of hydrogen-bond donors (Lipinski definition) is 5. The Morgan fingerprint density at radius 2 is 1.64 bits per heavy atom. The van der Waals surface area contributed by atoms with E-state index in [-0.39, 0.29) is 52.0 Å². The lowest BCUT2D eigenvalue weighted by Gasteiger charge is -2.28. The van der Waals surface area contributed by atoms with Crippen LogP contribution in [0.3, 0.4) is 0 Å². The van der Waals surface area contributed by atoms with Crippen LogP contribution in [0.5, 0.6) is 0 Å². The minimum Gasteiger partial charge on any atom is -0.394 e. The molecular formula is C17H36O8. The van der Waals surface area contributed by atoms with Gasteiger partial charge in [-0.3, -0.25) is 0 Å². The van der Waals surface area contributed by atoms with E-state index in [1.54, 1.807) is 0 Å². The van der Waals surface area contributed by atoms with Crippen molar-refractivity contribution in [1.29, 1.82) is 0 Å². The second-order valence-electron chi connectivity index (χ2n) is 6.06. The van der Waals surface area contributed by atoms with Gasteiger partial charge in [0.25, 0.3) is 0 Å². The molecule has 0 heterocycles. The maximum Gasteiger partial charge on any atom is 0.151 e. The van der Waals surface area contributed by atoms with Crippen LogP contribution in [-0.4, -0.2) is 90.3 Å². The molecule has 0 aliphatic rings. The minimum absolute atomic E-state index is 0.0648. The van der Waals surface area contributed by atoms with Crippen molar-refractivity contribution >= 4 is 0 Å². The van der Waals surface area contributed by atoms with Gasteiger partial charge >= 0.3 is 0 Å². The Kier molecular flexibility index (Phi) is 16.9. The second kappa shape index (κ2) is 17.1. The predicted octanol–water partition coefficient (Wildman–Crippen LogP) is -0.352. The molecule has 0 radical (unpaired) electrons. The largest absolute Gasteiger partial charge is 0.394 e. The maximum absolute atomic E-state index is 10.1. The summed E-state index contributed by atoms with van der Waals surface area (Å²) in [6, 6.07) is 0. The summed E-state index contributed by atoms with van der Waals surface area (Å²) >= 11 is 0. The predicted molar refractivity (Wildman–Crippen MR) is 92.0 cm³/mol. The van der Waals surface area contributed by atoms with Crippen molar-refractivity contribution in [2.75, 3.05) is 46.2 Å². The summed E-state index contributed by atoms with van der Waals surface area (Å²) in [5, 5.41) is 46.5. The highest BCUT2D eigenvalue weighted by Gasteiger charge is 2.25. The summed E-state index contributed by atoms with van der Waals surface area (Å²) in [5.41, 5.74) is 0. The Balaban J connectivity index is 4.38. The molecule has 0 amide bonds. The molecule has 8 nitrogen and oxygen atoms in total. The number of rotatable bonds is 18. The van der Waals surface area contributed by atoms with Gasteiger partial charge in [0, 0.05) is 6.61 Å². The van der Waals surface area contributed by atoms with Crippen LogP contribution in [0.4, 0.5) is 0 Å². The molecular weight excluding hydrogens is 332 g/mol. The molecule has 0 aliphatic carbocycles. The normalized spacial score (nSPS) is 15.5. The van der Waals surface area contributed by atoms with Gasteiger partial charge in [-0.05, 0) is 31.6 Å². The molecule has 0 saturated heterocycles. The molecule has 8 heteroatoms. The third kappa shape index (κ3) is 14.5. The molecule has 0 aromatic carbocycles.